The van der Waals surface area contributed by atoms with Gasteiger partial charge in [-0.1, -0.05) is 29.8 Å². The first-order valence-corrected chi connectivity index (χ1v) is 7.93. The number of hydrogen-bond donors (Lipinski definition) is 1. The fourth-order valence-corrected chi connectivity index (χ4v) is 2.47. The maximum Gasteiger partial charge on any atom is 0.251 e. The molecule has 1 atom stereocenters. The van der Waals surface area contributed by atoms with Gasteiger partial charge in [0.25, 0.3) is 5.91 Å². The zero-order valence-corrected chi connectivity index (χ0v) is 14.6. The van der Waals surface area contributed by atoms with Crippen LogP contribution in [0.1, 0.15) is 40.1 Å². The molecule has 0 spiro atoms. The van der Waals surface area contributed by atoms with Crippen molar-refractivity contribution in [2.24, 2.45) is 0 Å². The first kappa shape index (κ1) is 17.9. The Hall–Kier alpha value is -2.46. The van der Waals surface area contributed by atoms with Crippen LogP contribution >= 0.6 is 0 Å². The molecular weight excluding hydrogens is 302 g/mol. The van der Waals surface area contributed by atoms with Gasteiger partial charge in [0, 0.05) is 24.3 Å². The number of methoxy groups -OCH3 is 1. The Morgan fingerprint density at radius 2 is 1.67 bits per heavy atom. The van der Waals surface area contributed by atoms with Gasteiger partial charge in [-0.05, 0) is 50.1 Å². The zero-order valence-electron chi connectivity index (χ0n) is 14.6. The van der Waals surface area contributed by atoms with Crippen LogP contribution in [0.4, 0.5) is 0 Å². The summed E-state index contributed by atoms with van der Waals surface area (Å²) < 4.78 is 5.04. The van der Waals surface area contributed by atoms with Crippen molar-refractivity contribution in [3.05, 3.63) is 59.2 Å². The number of ketones is 1. The van der Waals surface area contributed by atoms with Crippen LogP contribution in [0.2, 0.25) is 0 Å². The standard InChI is InChI=1S/C20H23NO3/c1-13-5-7-16(8-6-13)18-9-17(15(3)22)10-19(11-18)20(23)21-14(2)12-24-4/h5-11,14H,12H2,1-4H3,(H,21,23). The molecule has 0 saturated carbocycles. The molecule has 1 amide bonds. The van der Waals surface area contributed by atoms with E-state index in [-0.39, 0.29) is 17.7 Å². The highest BCUT2D eigenvalue weighted by Gasteiger charge is 2.14. The Morgan fingerprint density at radius 3 is 2.25 bits per heavy atom. The Morgan fingerprint density at radius 1 is 1.04 bits per heavy atom. The van der Waals surface area contributed by atoms with Crippen molar-refractivity contribution in [3.8, 4) is 11.1 Å². The van der Waals surface area contributed by atoms with Crippen molar-refractivity contribution < 1.29 is 14.3 Å². The van der Waals surface area contributed by atoms with E-state index in [2.05, 4.69) is 5.32 Å². The number of carbonyl (C=O) groups is 2. The van der Waals surface area contributed by atoms with Crippen LogP contribution in [0.25, 0.3) is 11.1 Å². The predicted molar refractivity (Wildman–Crippen MR) is 95.4 cm³/mol. The van der Waals surface area contributed by atoms with E-state index in [0.29, 0.717) is 17.7 Å². The van der Waals surface area contributed by atoms with Crippen LogP contribution in [0.5, 0.6) is 0 Å². The van der Waals surface area contributed by atoms with Crippen molar-refractivity contribution in [1.82, 2.24) is 5.32 Å². The predicted octanol–water partition coefficient (Wildman–Crippen LogP) is 3.63. The molecule has 4 nitrogen and oxygen atoms in total. The second-order valence-corrected chi connectivity index (χ2v) is 6.05. The molecule has 24 heavy (non-hydrogen) atoms. The molecule has 2 rings (SSSR count). The molecule has 0 aromatic heterocycles. The van der Waals surface area contributed by atoms with Crippen molar-refractivity contribution in [2.45, 2.75) is 26.8 Å². The number of aryl methyl sites for hydroxylation is 1. The molecule has 1 unspecified atom stereocenters. The first-order chi connectivity index (χ1) is 11.4. The maximum absolute atomic E-state index is 12.5. The molecule has 2 aromatic carbocycles. The van der Waals surface area contributed by atoms with Crippen LogP contribution in [0, 0.1) is 6.92 Å². The van der Waals surface area contributed by atoms with Crippen molar-refractivity contribution in [1.29, 1.82) is 0 Å². The highest BCUT2D eigenvalue weighted by atomic mass is 16.5. The van der Waals surface area contributed by atoms with E-state index < -0.39 is 0 Å². The fourth-order valence-electron chi connectivity index (χ4n) is 2.47. The highest BCUT2D eigenvalue weighted by molar-refractivity contribution is 6.01. The molecular formula is C20H23NO3. The van der Waals surface area contributed by atoms with Crippen LogP contribution in [-0.4, -0.2) is 31.4 Å². The van der Waals surface area contributed by atoms with Crippen LogP contribution < -0.4 is 5.32 Å². The van der Waals surface area contributed by atoms with Gasteiger partial charge in [0.2, 0.25) is 0 Å². The molecule has 0 bridgehead atoms. The summed E-state index contributed by atoms with van der Waals surface area (Å²) in [6, 6.07) is 13.2. The number of rotatable bonds is 6. The number of Topliss-reactive ketones (excluding diaryl/α,β-unsaturated/α-hetero) is 1. The van der Waals surface area contributed by atoms with Crippen molar-refractivity contribution in [2.75, 3.05) is 13.7 Å². The van der Waals surface area contributed by atoms with Crippen LogP contribution in [0.15, 0.2) is 42.5 Å². The van der Waals surface area contributed by atoms with Gasteiger partial charge in [0.05, 0.1) is 6.61 Å². The lowest BCUT2D eigenvalue weighted by atomic mass is 9.97. The number of amides is 1. The summed E-state index contributed by atoms with van der Waals surface area (Å²) in [4.78, 5) is 24.3. The molecule has 0 heterocycles. The molecule has 4 heteroatoms. The Kier molecular flexibility index (Phi) is 5.88. The minimum atomic E-state index is -0.212. The molecule has 0 saturated heterocycles. The Labute approximate surface area is 142 Å². The lowest BCUT2D eigenvalue weighted by Gasteiger charge is -2.14. The summed E-state index contributed by atoms with van der Waals surface area (Å²) >= 11 is 0. The molecule has 0 radical (unpaired) electrons. The van der Waals surface area contributed by atoms with Gasteiger partial charge in [0.15, 0.2) is 5.78 Å². The molecule has 0 aliphatic rings. The molecule has 0 aliphatic carbocycles. The Balaban J connectivity index is 2.39. The Bertz CT molecular complexity index is 735. The maximum atomic E-state index is 12.5. The van der Waals surface area contributed by atoms with E-state index >= 15 is 0 Å². The number of benzene rings is 2. The molecule has 126 valence electrons. The highest BCUT2D eigenvalue weighted by Crippen LogP contribution is 2.23. The number of carbonyl (C=O) groups excluding carboxylic acids is 2. The van der Waals surface area contributed by atoms with Gasteiger partial charge in [-0.3, -0.25) is 9.59 Å². The molecule has 1 N–H and O–H groups in total. The summed E-state index contributed by atoms with van der Waals surface area (Å²) in [7, 11) is 1.59. The third-order valence-electron chi connectivity index (χ3n) is 3.78. The van der Waals surface area contributed by atoms with E-state index in [9.17, 15) is 9.59 Å². The average molecular weight is 325 g/mol. The summed E-state index contributed by atoms with van der Waals surface area (Å²) in [6.07, 6.45) is 0. The normalized spacial score (nSPS) is 11.8. The van der Waals surface area contributed by atoms with E-state index in [1.807, 2.05) is 50.2 Å². The third-order valence-corrected chi connectivity index (χ3v) is 3.78. The summed E-state index contributed by atoms with van der Waals surface area (Å²) in [5.41, 5.74) is 3.99. The van der Waals surface area contributed by atoms with Crippen molar-refractivity contribution >= 4 is 11.7 Å². The van der Waals surface area contributed by atoms with Crippen molar-refractivity contribution in [3.63, 3.8) is 0 Å². The SMILES string of the molecule is COCC(C)NC(=O)c1cc(C(C)=O)cc(-c2ccc(C)cc2)c1. The van der Waals surface area contributed by atoms with Gasteiger partial charge >= 0.3 is 0 Å². The van der Waals surface area contributed by atoms with Gasteiger partial charge in [-0.2, -0.15) is 0 Å². The van der Waals surface area contributed by atoms with Gasteiger partial charge < -0.3 is 10.1 Å². The first-order valence-electron chi connectivity index (χ1n) is 7.93. The van der Waals surface area contributed by atoms with Gasteiger partial charge in [-0.25, -0.2) is 0 Å². The molecule has 0 aliphatic heterocycles. The number of ether oxygens (including phenoxy) is 1. The minimum Gasteiger partial charge on any atom is -0.383 e. The smallest absolute Gasteiger partial charge is 0.251 e. The summed E-state index contributed by atoms with van der Waals surface area (Å²) in [5, 5.41) is 2.88. The summed E-state index contributed by atoms with van der Waals surface area (Å²) in [6.45, 7) is 5.83. The van der Waals surface area contributed by atoms with E-state index in [1.165, 1.54) is 6.92 Å². The average Bonchev–Trinajstić information content (AvgIpc) is 2.55. The van der Waals surface area contributed by atoms with E-state index in [4.69, 9.17) is 4.74 Å². The monoisotopic (exact) mass is 325 g/mol. The largest absolute Gasteiger partial charge is 0.383 e. The lowest BCUT2D eigenvalue weighted by molar-refractivity contribution is 0.0905. The summed E-state index contributed by atoms with van der Waals surface area (Å²) in [5.74, 6) is -0.279. The second kappa shape index (κ2) is 7.88. The number of nitrogens with one attached hydrogen (secondary N) is 1. The lowest BCUT2D eigenvalue weighted by Crippen LogP contribution is -2.35. The quantitative estimate of drug-likeness (QED) is 0.825. The van der Waals surface area contributed by atoms with Gasteiger partial charge in [-0.15, -0.1) is 0 Å². The number of hydrogen-bond acceptors (Lipinski definition) is 3. The molecule has 2 aromatic rings. The van der Waals surface area contributed by atoms with E-state index in [1.54, 1.807) is 13.2 Å². The van der Waals surface area contributed by atoms with E-state index in [0.717, 1.165) is 16.7 Å². The fraction of sp³-hybridized carbons (Fsp3) is 0.300. The zero-order chi connectivity index (χ0) is 17.7. The molecule has 0 fully saturated rings. The van der Waals surface area contributed by atoms with Crippen LogP contribution in [0.3, 0.4) is 0 Å². The van der Waals surface area contributed by atoms with Gasteiger partial charge in [0.1, 0.15) is 0 Å². The topological polar surface area (TPSA) is 55.4 Å². The minimum absolute atomic E-state index is 0.0667. The second-order valence-electron chi connectivity index (χ2n) is 6.05. The van der Waals surface area contributed by atoms with Crippen LogP contribution in [-0.2, 0) is 4.74 Å². The third kappa shape index (κ3) is 4.52.